The Kier molecular flexibility index (Phi) is 13.6. The summed E-state index contributed by atoms with van der Waals surface area (Å²) in [4.78, 5) is 0. The van der Waals surface area contributed by atoms with Crippen molar-refractivity contribution in [3.05, 3.63) is 88.1 Å². The van der Waals surface area contributed by atoms with Crippen molar-refractivity contribution in [1.82, 2.24) is 29.1 Å². The van der Waals surface area contributed by atoms with E-state index >= 15 is 0 Å². The number of hydrogen-bond donors (Lipinski definition) is 1. The van der Waals surface area contributed by atoms with Gasteiger partial charge in [0, 0.05) is 25.0 Å². The van der Waals surface area contributed by atoms with E-state index in [1.54, 1.807) is 58.7 Å². The summed E-state index contributed by atoms with van der Waals surface area (Å²) >= 11 is 0. The van der Waals surface area contributed by atoms with Gasteiger partial charge in [-0.2, -0.15) is 0 Å². The van der Waals surface area contributed by atoms with E-state index in [2.05, 4.69) is 28.6 Å². The van der Waals surface area contributed by atoms with Crippen LogP contribution in [0.5, 0.6) is 0 Å². The molecule has 1 saturated heterocycles. The molecule has 1 atom stereocenters. The molecule has 10 nitrogen and oxygen atoms in total. The molecular formula is C17H18BMoN6O4+. The quantitative estimate of drug-likeness (QED) is 0.334. The van der Waals surface area contributed by atoms with Gasteiger partial charge in [-0.15, -0.1) is 0 Å². The van der Waals surface area contributed by atoms with Crippen molar-refractivity contribution in [3.63, 3.8) is 0 Å². The molecule has 1 N–H and O–H groups in total. The van der Waals surface area contributed by atoms with E-state index in [0.29, 0.717) is 6.61 Å². The molecule has 3 aromatic rings. The molecule has 1 aliphatic rings. The van der Waals surface area contributed by atoms with E-state index in [1.807, 2.05) is 36.8 Å². The van der Waals surface area contributed by atoms with Gasteiger partial charge < -0.3 is 23.6 Å². The summed E-state index contributed by atoms with van der Waals surface area (Å²) in [7, 11) is -0.194. The van der Waals surface area contributed by atoms with E-state index in [4.69, 9.17) is 19.1 Å². The van der Waals surface area contributed by atoms with Crippen LogP contribution in [0.1, 0.15) is 6.92 Å². The Labute approximate surface area is 183 Å². The van der Waals surface area contributed by atoms with Gasteiger partial charge in [-0.25, -0.2) is 15.3 Å². The van der Waals surface area contributed by atoms with Gasteiger partial charge in [-0.05, 0) is 50.1 Å². The minimum absolute atomic E-state index is 0. The van der Waals surface area contributed by atoms with Crippen LogP contribution in [0, 0.1) is 32.7 Å². The number of ether oxygens (including phenoxy) is 1. The molecule has 4 heterocycles. The third-order valence-corrected chi connectivity index (χ3v) is 3.29. The van der Waals surface area contributed by atoms with Crippen molar-refractivity contribution in [2.45, 2.75) is 12.5 Å². The molecule has 29 heavy (non-hydrogen) atoms. The summed E-state index contributed by atoms with van der Waals surface area (Å²) in [5.41, 5.74) is -0.755. The van der Waals surface area contributed by atoms with Gasteiger partial charge in [0.15, 0.2) is 0 Å². The van der Waals surface area contributed by atoms with Crippen LogP contribution in [0.25, 0.3) is 0 Å². The first-order valence-corrected chi connectivity index (χ1v) is 7.89. The Bertz CT molecular complexity index is 695. The summed E-state index contributed by atoms with van der Waals surface area (Å²) in [5.74, 6) is 0. The molecule has 0 bridgehead atoms. The van der Waals surface area contributed by atoms with Crippen LogP contribution in [0.2, 0.25) is 0 Å². The van der Waals surface area contributed by atoms with Crippen LogP contribution in [-0.2, 0) is 35.1 Å². The minimum Gasteiger partial charge on any atom is -0.425 e. The first-order valence-electron chi connectivity index (χ1n) is 7.89. The molecule has 3 aromatic heterocycles. The fourth-order valence-electron chi connectivity index (χ4n) is 2.18. The van der Waals surface area contributed by atoms with Gasteiger partial charge >= 0.3 is 43.7 Å². The predicted molar refractivity (Wildman–Crippen MR) is 96.0 cm³/mol. The van der Waals surface area contributed by atoms with Crippen molar-refractivity contribution in [1.29, 1.82) is 0 Å². The zero-order chi connectivity index (χ0) is 20.8. The first-order chi connectivity index (χ1) is 13.7. The zero-order valence-electron chi connectivity index (χ0n) is 15.5. The summed E-state index contributed by atoms with van der Waals surface area (Å²) < 4.78 is 25.2. The van der Waals surface area contributed by atoms with Crippen molar-refractivity contribution in [2.75, 3.05) is 6.61 Å². The molecular weight excluding hydrogens is 459 g/mol. The third kappa shape index (κ3) is 8.77. The second kappa shape index (κ2) is 14.7. The van der Waals surface area contributed by atoms with E-state index < -0.39 is 5.60 Å². The molecule has 4 radical (unpaired) electrons. The Hall–Kier alpha value is -2.22. The van der Waals surface area contributed by atoms with Gasteiger partial charge in [0.2, 0.25) is 0 Å². The van der Waals surface area contributed by atoms with Gasteiger partial charge in [-0.1, -0.05) is 0 Å². The molecule has 0 aliphatic carbocycles. The van der Waals surface area contributed by atoms with Crippen molar-refractivity contribution in [2.24, 2.45) is 0 Å². The average molecular weight is 477 g/mol. The first kappa shape index (κ1) is 26.8. The maximum Gasteiger partial charge on any atom is 2.00 e. The van der Waals surface area contributed by atoms with Crippen LogP contribution >= 0.6 is 0 Å². The van der Waals surface area contributed by atoms with Crippen molar-refractivity contribution < 1.29 is 40.2 Å². The van der Waals surface area contributed by atoms with Gasteiger partial charge in [0.05, 0.1) is 18.8 Å². The fourth-order valence-corrected chi connectivity index (χ4v) is 2.18. The van der Waals surface area contributed by atoms with Crippen LogP contribution in [0.4, 0.5) is 0 Å². The smallest absolute Gasteiger partial charge is 0.425 e. The summed E-state index contributed by atoms with van der Waals surface area (Å²) in [5, 5.41) is 21.8. The molecule has 4 rings (SSSR count). The van der Waals surface area contributed by atoms with E-state index in [-0.39, 0.29) is 28.2 Å². The molecule has 1 unspecified atom stereocenters. The van der Waals surface area contributed by atoms with Gasteiger partial charge in [0.25, 0.3) is 7.12 Å². The van der Waals surface area contributed by atoms with Crippen LogP contribution in [0.15, 0.2) is 55.4 Å². The van der Waals surface area contributed by atoms with Crippen LogP contribution < -0.4 is 0 Å². The molecule has 12 heteroatoms. The number of nitrogens with zero attached hydrogens (tertiary/aromatic N) is 6. The van der Waals surface area contributed by atoms with Gasteiger partial charge in [-0.3, -0.25) is 0 Å². The Balaban J connectivity index is 0.000000515. The summed E-state index contributed by atoms with van der Waals surface area (Å²) in [6.07, 6.45) is 14.3. The maximum atomic E-state index is 9.14. The van der Waals surface area contributed by atoms with Crippen molar-refractivity contribution >= 4 is 7.12 Å². The molecule has 0 amide bonds. The topological polar surface area (TPSA) is 123 Å². The Morgan fingerprint density at radius 1 is 0.931 bits per heavy atom. The molecule has 148 valence electrons. The largest absolute Gasteiger partial charge is 2.00 e. The number of rotatable bonds is 3. The SMILES string of the molecule is CC1(O)[CH][CH][CH]OC1.[C-]#[O+].[C-]#[O+].[Mo+2].c1cnn([B-](n2cccn2)n2cccn2)c1. The normalized spacial score (nSPS) is 17.2. The van der Waals surface area contributed by atoms with Crippen molar-refractivity contribution in [3.8, 4) is 0 Å². The number of hydrogen-bond acceptors (Lipinski definition) is 5. The standard InChI is InChI=1S/C9H9BN6.C6H9O2.2CO.Mo/c1-4-11-14(7-1)10(15-8-2-5-12-15)16-9-3-6-13-16;1-6(7)3-2-4-8-5-6;2*1-2;/h1-9H;2-4,7H,5H2,1H3;;;/q-1;;;;+2. The van der Waals surface area contributed by atoms with Crippen LogP contribution in [-0.4, -0.2) is 53.5 Å². The number of aliphatic hydroxyl groups is 1. The Morgan fingerprint density at radius 3 is 1.55 bits per heavy atom. The maximum absolute atomic E-state index is 9.14. The molecule has 0 spiro atoms. The fraction of sp³-hybridized carbons (Fsp3) is 0.176. The summed E-state index contributed by atoms with van der Waals surface area (Å²) in [6, 6.07) is 5.62. The zero-order valence-corrected chi connectivity index (χ0v) is 17.5. The second-order valence-corrected chi connectivity index (χ2v) is 5.47. The average Bonchev–Trinajstić information content (AvgIpc) is 3.51. The minimum atomic E-state index is -0.755. The molecule has 0 aromatic carbocycles. The number of aromatic nitrogens is 6. The van der Waals surface area contributed by atoms with E-state index in [9.17, 15) is 0 Å². The Morgan fingerprint density at radius 2 is 1.34 bits per heavy atom. The monoisotopic (exact) mass is 479 g/mol. The third-order valence-electron chi connectivity index (χ3n) is 3.29. The molecule has 1 aliphatic heterocycles. The summed E-state index contributed by atoms with van der Waals surface area (Å²) in [6.45, 7) is 12.6. The molecule has 0 saturated carbocycles. The van der Waals surface area contributed by atoms with E-state index in [1.165, 1.54) is 0 Å². The van der Waals surface area contributed by atoms with Gasteiger partial charge in [0.1, 0.15) is 0 Å². The van der Waals surface area contributed by atoms with E-state index in [0.717, 1.165) is 0 Å². The van der Waals surface area contributed by atoms with Crippen LogP contribution in [0.3, 0.4) is 0 Å². The predicted octanol–water partition coefficient (Wildman–Crippen LogP) is 0.466. The molecule has 1 fully saturated rings. The second-order valence-electron chi connectivity index (χ2n) is 5.47.